The number of amides is 2. The van der Waals surface area contributed by atoms with Crippen LogP contribution < -0.4 is 5.73 Å². The third-order valence-corrected chi connectivity index (χ3v) is 6.00. The number of aromatic nitrogens is 4. The van der Waals surface area contributed by atoms with Crippen molar-refractivity contribution in [3.05, 3.63) is 35.2 Å². The molecule has 2 aromatic rings. The molecule has 0 saturated carbocycles. The topological polar surface area (TPSA) is 110 Å². The maximum atomic E-state index is 12.7. The van der Waals surface area contributed by atoms with Gasteiger partial charge in [0.2, 0.25) is 11.8 Å². The summed E-state index contributed by atoms with van der Waals surface area (Å²) in [5.41, 5.74) is 9.00. The summed E-state index contributed by atoms with van der Waals surface area (Å²) in [6.45, 7) is 1.61. The first-order valence-electron chi connectivity index (χ1n) is 10.2. The van der Waals surface area contributed by atoms with Gasteiger partial charge in [-0.15, -0.1) is 0 Å². The lowest BCUT2D eigenvalue weighted by molar-refractivity contribution is -0.132. The van der Waals surface area contributed by atoms with Gasteiger partial charge in [0.05, 0.1) is 5.69 Å². The number of H-pyrrole nitrogens is 1. The Kier molecular flexibility index (Phi) is 5.45. The Morgan fingerprint density at radius 1 is 1.21 bits per heavy atom. The number of aryl methyl sites for hydroxylation is 2. The molecule has 1 saturated heterocycles. The largest absolute Gasteiger partial charge is 0.368 e. The minimum absolute atomic E-state index is 0.155. The number of hydrogen-bond donors (Lipinski definition) is 2. The summed E-state index contributed by atoms with van der Waals surface area (Å²) >= 11 is 0. The smallest absolute Gasteiger partial charge is 0.237 e. The van der Waals surface area contributed by atoms with Crippen LogP contribution in [0.4, 0.5) is 0 Å². The Labute approximate surface area is 164 Å². The minimum Gasteiger partial charge on any atom is -0.368 e. The van der Waals surface area contributed by atoms with Gasteiger partial charge in [0.1, 0.15) is 12.4 Å². The zero-order chi connectivity index (χ0) is 19.5. The first-order valence-corrected chi connectivity index (χ1v) is 10.2. The number of carbonyl (C=O) groups excluding carboxylic acids is 2. The Balaban J connectivity index is 1.29. The van der Waals surface area contributed by atoms with E-state index >= 15 is 0 Å². The van der Waals surface area contributed by atoms with Crippen molar-refractivity contribution in [2.75, 3.05) is 13.1 Å². The van der Waals surface area contributed by atoms with E-state index in [1.807, 2.05) is 9.47 Å². The molecule has 3 heterocycles. The van der Waals surface area contributed by atoms with Gasteiger partial charge in [0.25, 0.3) is 0 Å². The zero-order valence-corrected chi connectivity index (χ0v) is 16.2. The molecule has 1 fully saturated rings. The lowest BCUT2D eigenvalue weighted by atomic mass is 9.94. The van der Waals surface area contributed by atoms with Crippen LogP contribution in [0.1, 0.15) is 60.8 Å². The SMILES string of the molecule is NC(=O)Cn1ccnc1C1CCN(C(=O)CCc2n[nH]c3c2CCCC3)CC1. The number of aromatic amines is 1. The van der Waals surface area contributed by atoms with E-state index in [0.29, 0.717) is 12.8 Å². The van der Waals surface area contributed by atoms with Crippen molar-refractivity contribution in [3.63, 3.8) is 0 Å². The van der Waals surface area contributed by atoms with Crippen LogP contribution in [0, 0.1) is 0 Å². The maximum absolute atomic E-state index is 12.7. The monoisotopic (exact) mass is 384 g/mol. The molecule has 28 heavy (non-hydrogen) atoms. The van der Waals surface area contributed by atoms with Crippen molar-refractivity contribution in [1.82, 2.24) is 24.6 Å². The number of rotatable bonds is 6. The average Bonchev–Trinajstić information content (AvgIpc) is 3.33. The van der Waals surface area contributed by atoms with Gasteiger partial charge in [-0.3, -0.25) is 14.7 Å². The molecule has 0 aromatic carbocycles. The molecule has 1 aliphatic carbocycles. The normalized spacial score (nSPS) is 17.5. The van der Waals surface area contributed by atoms with Crippen molar-refractivity contribution in [2.24, 2.45) is 5.73 Å². The fourth-order valence-corrected chi connectivity index (χ4v) is 4.51. The van der Waals surface area contributed by atoms with Gasteiger partial charge in [-0.1, -0.05) is 0 Å². The molecule has 0 spiro atoms. The lowest BCUT2D eigenvalue weighted by Gasteiger charge is -2.32. The summed E-state index contributed by atoms with van der Waals surface area (Å²) in [6.07, 6.45) is 11.0. The van der Waals surface area contributed by atoms with Gasteiger partial charge in [-0.2, -0.15) is 5.10 Å². The van der Waals surface area contributed by atoms with Crippen molar-refractivity contribution < 1.29 is 9.59 Å². The van der Waals surface area contributed by atoms with Crippen LogP contribution in [-0.2, 0) is 35.4 Å². The summed E-state index contributed by atoms with van der Waals surface area (Å²) < 4.78 is 1.82. The highest BCUT2D eigenvalue weighted by Crippen LogP contribution is 2.28. The van der Waals surface area contributed by atoms with E-state index in [1.54, 1.807) is 12.4 Å². The number of nitrogens with two attached hydrogens (primary N) is 1. The standard InChI is InChI=1S/C20H28N6O2/c21-18(27)13-26-12-9-22-20(26)14-7-10-25(11-8-14)19(28)6-5-17-15-3-1-2-4-16(15)23-24-17/h9,12,14H,1-8,10-11,13H2,(H2,21,27)(H,23,24). The second kappa shape index (κ2) is 8.16. The number of fused-ring (bicyclic) bond motifs is 1. The maximum Gasteiger partial charge on any atom is 0.237 e. The van der Waals surface area contributed by atoms with Crippen LogP contribution in [-0.4, -0.2) is 49.6 Å². The van der Waals surface area contributed by atoms with Gasteiger partial charge in [-0.05, 0) is 44.1 Å². The second-order valence-corrected chi connectivity index (χ2v) is 7.87. The van der Waals surface area contributed by atoms with Crippen molar-refractivity contribution in [2.45, 2.75) is 63.8 Å². The van der Waals surface area contributed by atoms with E-state index in [1.165, 1.54) is 24.1 Å². The van der Waals surface area contributed by atoms with Crippen LogP contribution in [0.2, 0.25) is 0 Å². The summed E-state index contributed by atoms with van der Waals surface area (Å²) in [5.74, 6) is 0.990. The van der Waals surface area contributed by atoms with Gasteiger partial charge in [0, 0.05) is 49.9 Å². The molecule has 0 atom stereocenters. The molecular weight excluding hydrogens is 356 g/mol. The second-order valence-electron chi connectivity index (χ2n) is 7.87. The Morgan fingerprint density at radius 3 is 2.79 bits per heavy atom. The fraction of sp³-hybridized carbons (Fsp3) is 0.600. The lowest BCUT2D eigenvalue weighted by Crippen LogP contribution is -2.38. The van der Waals surface area contributed by atoms with Crippen molar-refractivity contribution in [3.8, 4) is 0 Å². The molecule has 8 nitrogen and oxygen atoms in total. The van der Waals surface area contributed by atoms with E-state index in [4.69, 9.17) is 5.73 Å². The highest BCUT2D eigenvalue weighted by Gasteiger charge is 2.27. The Morgan fingerprint density at radius 2 is 2.00 bits per heavy atom. The van der Waals surface area contributed by atoms with Crippen molar-refractivity contribution >= 4 is 11.8 Å². The molecule has 0 radical (unpaired) electrons. The van der Waals surface area contributed by atoms with Crippen LogP contribution in [0.5, 0.6) is 0 Å². The van der Waals surface area contributed by atoms with Crippen molar-refractivity contribution in [1.29, 1.82) is 0 Å². The third-order valence-electron chi connectivity index (χ3n) is 6.00. The summed E-state index contributed by atoms with van der Waals surface area (Å²) in [4.78, 5) is 30.3. The zero-order valence-electron chi connectivity index (χ0n) is 16.2. The van der Waals surface area contributed by atoms with E-state index < -0.39 is 0 Å². The van der Waals surface area contributed by atoms with Crippen LogP contribution in [0.15, 0.2) is 12.4 Å². The molecule has 2 aromatic heterocycles. The van der Waals surface area contributed by atoms with E-state index in [9.17, 15) is 9.59 Å². The number of nitrogens with zero attached hydrogens (tertiary/aromatic N) is 4. The molecule has 150 valence electrons. The van der Waals surface area contributed by atoms with Gasteiger partial charge >= 0.3 is 0 Å². The first-order chi connectivity index (χ1) is 13.6. The average molecular weight is 384 g/mol. The number of hydrogen-bond acceptors (Lipinski definition) is 4. The molecule has 2 amide bonds. The number of carbonyl (C=O) groups is 2. The number of likely N-dealkylation sites (tertiary alicyclic amines) is 1. The van der Waals surface area contributed by atoms with E-state index in [2.05, 4.69) is 15.2 Å². The Bertz CT molecular complexity index is 847. The molecule has 8 heteroatoms. The van der Waals surface area contributed by atoms with E-state index in [-0.39, 0.29) is 24.3 Å². The predicted octanol–water partition coefficient (Wildman–Crippen LogP) is 1.31. The molecule has 2 aliphatic rings. The molecule has 4 rings (SSSR count). The van der Waals surface area contributed by atoms with E-state index in [0.717, 1.165) is 50.3 Å². The molecule has 0 unspecified atom stereocenters. The van der Waals surface area contributed by atoms with Crippen LogP contribution in [0.25, 0.3) is 0 Å². The predicted molar refractivity (Wildman–Crippen MR) is 104 cm³/mol. The number of piperidine rings is 1. The van der Waals surface area contributed by atoms with Gasteiger partial charge in [-0.25, -0.2) is 4.98 Å². The van der Waals surface area contributed by atoms with Gasteiger partial charge in [0.15, 0.2) is 0 Å². The minimum atomic E-state index is -0.368. The molecule has 3 N–H and O–H groups in total. The number of imidazole rings is 1. The number of primary amides is 1. The first kappa shape index (κ1) is 18.7. The highest BCUT2D eigenvalue weighted by molar-refractivity contribution is 5.76. The summed E-state index contributed by atoms with van der Waals surface area (Å²) in [6, 6.07) is 0. The summed E-state index contributed by atoms with van der Waals surface area (Å²) in [5, 5.41) is 7.60. The van der Waals surface area contributed by atoms with Crippen LogP contribution >= 0.6 is 0 Å². The van der Waals surface area contributed by atoms with Gasteiger partial charge < -0.3 is 15.2 Å². The fourth-order valence-electron chi connectivity index (χ4n) is 4.51. The number of nitrogens with one attached hydrogen (secondary N) is 1. The quantitative estimate of drug-likeness (QED) is 0.782. The Hall–Kier alpha value is -2.64. The molecule has 1 aliphatic heterocycles. The van der Waals surface area contributed by atoms with Crippen LogP contribution in [0.3, 0.4) is 0 Å². The summed E-state index contributed by atoms with van der Waals surface area (Å²) in [7, 11) is 0. The third kappa shape index (κ3) is 3.95. The molecule has 0 bridgehead atoms. The highest BCUT2D eigenvalue weighted by atomic mass is 16.2. The molecular formula is C20H28N6O2.